The van der Waals surface area contributed by atoms with Crippen LogP contribution in [0, 0.1) is 0 Å². The number of nitrogens with zero attached hydrogens (tertiary/aromatic N) is 1. The van der Waals surface area contributed by atoms with Gasteiger partial charge in [-0.2, -0.15) is 0 Å². The van der Waals surface area contributed by atoms with Crippen LogP contribution in [0.3, 0.4) is 0 Å². The summed E-state index contributed by atoms with van der Waals surface area (Å²) in [6.45, 7) is 1.43. The summed E-state index contributed by atoms with van der Waals surface area (Å²) in [5.74, 6) is -1.59. The van der Waals surface area contributed by atoms with E-state index in [1.54, 1.807) is 4.90 Å². The molecule has 8 N–H and O–H groups in total. The SMILES string of the molecule is NCCCC[C@H](NC(=O)[C@H](CCCCN)NC(=O)[C@@H]1CCCN1C(=O)Cc1cccc2ccccc12)C(N)=O. The van der Waals surface area contributed by atoms with Crippen LogP contribution in [0.4, 0.5) is 0 Å². The molecule has 3 rings (SSSR count). The summed E-state index contributed by atoms with van der Waals surface area (Å²) in [4.78, 5) is 53.4. The Morgan fingerprint density at radius 3 is 2.23 bits per heavy atom. The highest BCUT2D eigenvalue weighted by Gasteiger charge is 2.36. The lowest BCUT2D eigenvalue weighted by Crippen LogP contribution is -2.56. The molecule has 1 saturated heterocycles. The van der Waals surface area contributed by atoms with Crippen molar-refractivity contribution in [3.63, 3.8) is 0 Å². The number of amides is 4. The van der Waals surface area contributed by atoms with Crippen LogP contribution in [-0.4, -0.2) is 66.3 Å². The third-order valence-electron chi connectivity index (χ3n) is 7.28. The zero-order valence-corrected chi connectivity index (χ0v) is 22.6. The van der Waals surface area contributed by atoms with Crippen molar-refractivity contribution in [3.8, 4) is 0 Å². The number of benzene rings is 2. The predicted molar refractivity (Wildman–Crippen MR) is 151 cm³/mol. The molecule has 1 heterocycles. The van der Waals surface area contributed by atoms with Gasteiger partial charge >= 0.3 is 0 Å². The average molecular weight is 539 g/mol. The van der Waals surface area contributed by atoms with Gasteiger partial charge in [0, 0.05) is 6.54 Å². The summed E-state index contributed by atoms with van der Waals surface area (Å²) in [6.07, 6.45) is 4.81. The molecule has 0 aromatic heterocycles. The molecule has 0 radical (unpaired) electrons. The third kappa shape index (κ3) is 8.49. The van der Waals surface area contributed by atoms with E-state index < -0.39 is 29.9 Å². The Morgan fingerprint density at radius 1 is 0.872 bits per heavy atom. The zero-order chi connectivity index (χ0) is 28.2. The highest BCUT2D eigenvalue weighted by atomic mass is 16.2. The van der Waals surface area contributed by atoms with Gasteiger partial charge in [-0.15, -0.1) is 0 Å². The number of nitrogens with one attached hydrogen (secondary N) is 2. The lowest BCUT2D eigenvalue weighted by Gasteiger charge is -2.27. The lowest BCUT2D eigenvalue weighted by molar-refractivity contribution is -0.139. The van der Waals surface area contributed by atoms with Gasteiger partial charge in [0.15, 0.2) is 0 Å². The maximum Gasteiger partial charge on any atom is 0.243 e. The van der Waals surface area contributed by atoms with Crippen LogP contribution >= 0.6 is 0 Å². The summed E-state index contributed by atoms with van der Waals surface area (Å²) in [6, 6.07) is 11.4. The van der Waals surface area contributed by atoms with Crippen molar-refractivity contribution in [1.29, 1.82) is 0 Å². The van der Waals surface area contributed by atoms with Crippen LogP contribution < -0.4 is 27.8 Å². The summed E-state index contributed by atoms with van der Waals surface area (Å²) >= 11 is 0. The van der Waals surface area contributed by atoms with Crippen molar-refractivity contribution in [2.24, 2.45) is 17.2 Å². The van der Waals surface area contributed by atoms with E-state index in [9.17, 15) is 19.2 Å². The fourth-order valence-electron chi connectivity index (χ4n) is 5.13. The molecule has 0 aliphatic carbocycles. The van der Waals surface area contributed by atoms with E-state index in [1.165, 1.54) is 0 Å². The highest BCUT2D eigenvalue weighted by molar-refractivity contribution is 5.95. The normalized spacial score (nSPS) is 16.6. The smallest absolute Gasteiger partial charge is 0.243 e. The van der Waals surface area contributed by atoms with Crippen LogP contribution in [0.25, 0.3) is 10.8 Å². The fourth-order valence-corrected chi connectivity index (χ4v) is 5.13. The number of unbranched alkanes of at least 4 members (excludes halogenated alkanes) is 2. The van der Waals surface area contributed by atoms with Crippen molar-refractivity contribution < 1.29 is 19.2 Å². The van der Waals surface area contributed by atoms with Crippen LogP contribution in [-0.2, 0) is 25.6 Å². The quantitative estimate of drug-likeness (QED) is 0.212. The Hall–Kier alpha value is -3.50. The number of rotatable bonds is 15. The van der Waals surface area contributed by atoms with Crippen molar-refractivity contribution >= 4 is 34.4 Å². The fraction of sp³-hybridized carbons (Fsp3) is 0.517. The lowest BCUT2D eigenvalue weighted by atomic mass is 10.0. The predicted octanol–water partition coefficient (Wildman–Crippen LogP) is 1.09. The van der Waals surface area contributed by atoms with Gasteiger partial charge in [-0.05, 0) is 80.8 Å². The first-order valence-electron chi connectivity index (χ1n) is 13.9. The summed E-state index contributed by atoms with van der Waals surface area (Å²) < 4.78 is 0. The summed E-state index contributed by atoms with van der Waals surface area (Å²) in [7, 11) is 0. The van der Waals surface area contributed by atoms with E-state index in [2.05, 4.69) is 10.6 Å². The topological polar surface area (TPSA) is 174 Å². The van der Waals surface area contributed by atoms with E-state index >= 15 is 0 Å². The second-order valence-corrected chi connectivity index (χ2v) is 10.2. The number of primary amides is 1. The molecule has 3 atom stereocenters. The van der Waals surface area contributed by atoms with Gasteiger partial charge in [0.2, 0.25) is 23.6 Å². The van der Waals surface area contributed by atoms with E-state index in [0.29, 0.717) is 71.0 Å². The molecular weight excluding hydrogens is 496 g/mol. The van der Waals surface area contributed by atoms with Crippen LogP contribution in [0.2, 0.25) is 0 Å². The highest BCUT2D eigenvalue weighted by Crippen LogP contribution is 2.23. The minimum Gasteiger partial charge on any atom is -0.368 e. The molecule has 0 saturated carbocycles. The molecule has 0 bridgehead atoms. The molecule has 0 spiro atoms. The first kappa shape index (κ1) is 30.0. The zero-order valence-electron chi connectivity index (χ0n) is 22.6. The number of hydrogen-bond acceptors (Lipinski definition) is 6. The maximum absolute atomic E-state index is 13.4. The summed E-state index contributed by atoms with van der Waals surface area (Å²) in [5, 5.41) is 7.62. The molecule has 4 amide bonds. The Labute approximate surface area is 230 Å². The number of carbonyl (C=O) groups is 4. The Balaban J connectivity index is 1.68. The molecule has 1 aliphatic rings. The van der Waals surface area contributed by atoms with Crippen molar-refractivity contribution in [2.45, 2.75) is 75.9 Å². The first-order valence-corrected chi connectivity index (χ1v) is 13.9. The van der Waals surface area contributed by atoms with Gasteiger partial charge < -0.3 is 32.7 Å². The molecule has 0 unspecified atom stereocenters. The third-order valence-corrected chi connectivity index (χ3v) is 7.28. The number of fused-ring (bicyclic) bond motifs is 1. The minimum absolute atomic E-state index is 0.123. The molecule has 1 aliphatic heterocycles. The van der Waals surface area contributed by atoms with Crippen LogP contribution in [0.15, 0.2) is 42.5 Å². The Morgan fingerprint density at radius 2 is 1.54 bits per heavy atom. The van der Waals surface area contributed by atoms with Gasteiger partial charge in [0.05, 0.1) is 6.42 Å². The van der Waals surface area contributed by atoms with E-state index in [0.717, 1.165) is 16.3 Å². The number of nitrogens with two attached hydrogens (primary N) is 3. The number of likely N-dealkylation sites (tertiary alicyclic amines) is 1. The largest absolute Gasteiger partial charge is 0.368 e. The average Bonchev–Trinajstić information content (AvgIpc) is 3.43. The molecule has 212 valence electrons. The van der Waals surface area contributed by atoms with Gasteiger partial charge in [-0.1, -0.05) is 42.5 Å². The maximum atomic E-state index is 13.4. The standard InChI is InChI=1S/C29H42N6O4/c30-16-5-3-13-23(27(32)37)33-28(38)24(14-4-6-17-31)34-29(39)25-15-8-18-35(25)26(36)19-21-11-7-10-20-9-1-2-12-22(20)21/h1-2,7,9-12,23-25H,3-6,8,13-19,30-31H2,(H2,32,37)(H,33,38)(H,34,39)/t23-,24-,25-/m0/s1. The second-order valence-electron chi connectivity index (χ2n) is 10.2. The molecular formula is C29H42N6O4. The Kier molecular flexibility index (Phi) is 11.7. The molecule has 39 heavy (non-hydrogen) atoms. The van der Waals surface area contributed by atoms with Gasteiger partial charge in [-0.25, -0.2) is 0 Å². The number of carbonyl (C=O) groups excluding carboxylic acids is 4. The van der Waals surface area contributed by atoms with Gasteiger partial charge in [0.25, 0.3) is 0 Å². The van der Waals surface area contributed by atoms with E-state index in [4.69, 9.17) is 17.2 Å². The molecule has 1 fully saturated rings. The monoisotopic (exact) mass is 538 g/mol. The molecule has 10 heteroatoms. The first-order chi connectivity index (χ1) is 18.8. The Bertz CT molecular complexity index is 1130. The van der Waals surface area contributed by atoms with Gasteiger partial charge in [-0.3, -0.25) is 19.2 Å². The molecule has 2 aromatic carbocycles. The minimum atomic E-state index is -0.865. The molecule has 2 aromatic rings. The van der Waals surface area contributed by atoms with E-state index in [-0.39, 0.29) is 18.2 Å². The van der Waals surface area contributed by atoms with Crippen molar-refractivity contribution in [3.05, 3.63) is 48.0 Å². The second kappa shape index (κ2) is 15.2. The number of hydrogen-bond donors (Lipinski definition) is 5. The van der Waals surface area contributed by atoms with E-state index in [1.807, 2.05) is 42.5 Å². The van der Waals surface area contributed by atoms with Crippen molar-refractivity contribution in [2.75, 3.05) is 19.6 Å². The van der Waals surface area contributed by atoms with Gasteiger partial charge in [0.1, 0.15) is 18.1 Å². The molecule has 10 nitrogen and oxygen atoms in total. The van der Waals surface area contributed by atoms with Crippen LogP contribution in [0.5, 0.6) is 0 Å². The summed E-state index contributed by atoms with van der Waals surface area (Å²) in [5.41, 5.74) is 17.6. The van der Waals surface area contributed by atoms with Crippen LogP contribution in [0.1, 0.15) is 56.9 Å². The van der Waals surface area contributed by atoms with Crippen molar-refractivity contribution in [1.82, 2.24) is 15.5 Å².